The summed E-state index contributed by atoms with van der Waals surface area (Å²) in [6, 6.07) is 0. The van der Waals surface area contributed by atoms with E-state index in [9.17, 15) is 9.90 Å². The van der Waals surface area contributed by atoms with Crippen LogP contribution in [0.4, 0.5) is 5.69 Å². The minimum atomic E-state index is -0.249. The van der Waals surface area contributed by atoms with Crippen LogP contribution in [-0.2, 0) is 6.54 Å². The predicted molar refractivity (Wildman–Crippen MR) is 73.7 cm³/mol. The Morgan fingerprint density at radius 1 is 1.61 bits per heavy atom. The number of nitrogens with one attached hydrogen (secondary N) is 1. The van der Waals surface area contributed by atoms with Gasteiger partial charge in [0.15, 0.2) is 0 Å². The summed E-state index contributed by atoms with van der Waals surface area (Å²) >= 11 is 3.31. The smallest absolute Gasteiger partial charge is 0.283 e. The number of anilines is 1. The lowest BCUT2D eigenvalue weighted by atomic mass is 10.2. The number of aliphatic hydroxyl groups is 1. The minimum Gasteiger partial charge on any atom is -0.394 e. The van der Waals surface area contributed by atoms with E-state index >= 15 is 0 Å². The summed E-state index contributed by atoms with van der Waals surface area (Å²) in [4.78, 5) is 12.1. The number of hydrogen-bond donors (Lipinski definition) is 2. The van der Waals surface area contributed by atoms with Gasteiger partial charge in [-0.2, -0.15) is 5.10 Å². The van der Waals surface area contributed by atoms with Crippen molar-refractivity contribution in [2.75, 3.05) is 11.9 Å². The van der Waals surface area contributed by atoms with Gasteiger partial charge in [-0.05, 0) is 34.7 Å². The van der Waals surface area contributed by atoms with Crippen molar-refractivity contribution in [2.24, 2.45) is 5.92 Å². The summed E-state index contributed by atoms with van der Waals surface area (Å²) in [5, 5.41) is 16.6. The molecule has 1 aliphatic rings. The third kappa shape index (κ3) is 2.75. The monoisotopic (exact) mass is 315 g/mol. The normalized spacial score (nSPS) is 16.9. The summed E-state index contributed by atoms with van der Waals surface area (Å²) in [6.45, 7) is 4.76. The maximum atomic E-state index is 12.1. The molecule has 0 radical (unpaired) electrons. The highest BCUT2D eigenvalue weighted by Gasteiger charge is 2.42. The molecule has 6 heteroatoms. The van der Waals surface area contributed by atoms with E-state index < -0.39 is 0 Å². The van der Waals surface area contributed by atoms with Crippen LogP contribution in [0.15, 0.2) is 15.5 Å². The summed E-state index contributed by atoms with van der Waals surface area (Å²) in [5.74, 6) is 0.369. The molecule has 5 nitrogen and oxygen atoms in total. The van der Waals surface area contributed by atoms with E-state index in [4.69, 9.17) is 0 Å². The van der Waals surface area contributed by atoms with Crippen molar-refractivity contribution in [2.45, 2.75) is 38.8 Å². The van der Waals surface area contributed by atoms with Gasteiger partial charge in [0, 0.05) is 6.54 Å². The fourth-order valence-corrected chi connectivity index (χ4v) is 2.19. The number of rotatable bonds is 5. The van der Waals surface area contributed by atoms with Crippen molar-refractivity contribution in [3.8, 4) is 0 Å². The van der Waals surface area contributed by atoms with Gasteiger partial charge >= 0.3 is 0 Å². The molecule has 0 bridgehead atoms. The van der Waals surface area contributed by atoms with Crippen molar-refractivity contribution >= 4 is 21.6 Å². The number of aliphatic hydroxyl groups excluding tert-OH is 1. The Kier molecular flexibility index (Phi) is 3.77. The fourth-order valence-electron chi connectivity index (χ4n) is 1.79. The maximum Gasteiger partial charge on any atom is 0.283 e. The molecule has 1 saturated carbocycles. The van der Waals surface area contributed by atoms with Crippen LogP contribution in [-0.4, -0.2) is 27.0 Å². The van der Waals surface area contributed by atoms with Gasteiger partial charge in [0.2, 0.25) is 0 Å². The number of hydrogen-bond acceptors (Lipinski definition) is 4. The molecule has 1 aliphatic carbocycles. The molecule has 0 spiro atoms. The Balaban J connectivity index is 2.24. The van der Waals surface area contributed by atoms with E-state index in [2.05, 4.69) is 26.3 Å². The molecule has 1 aromatic rings. The summed E-state index contributed by atoms with van der Waals surface area (Å²) in [6.07, 6.45) is 3.49. The average Bonchev–Trinajstić information content (AvgIpc) is 3.09. The summed E-state index contributed by atoms with van der Waals surface area (Å²) in [5.41, 5.74) is 0.273. The molecule has 1 aromatic heterocycles. The fraction of sp³-hybridized carbons (Fsp3) is 0.667. The van der Waals surface area contributed by atoms with E-state index in [1.165, 1.54) is 4.68 Å². The third-order valence-corrected chi connectivity index (χ3v) is 3.85. The summed E-state index contributed by atoms with van der Waals surface area (Å²) < 4.78 is 1.94. The van der Waals surface area contributed by atoms with Crippen LogP contribution in [0, 0.1) is 5.92 Å². The van der Waals surface area contributed by atoms with E-state index in [1.54, 1.807) is 6.20 Å². The van der Waals surface area contributed by atoms with Crippen molar-refractivity contribution in [3.05, 3.63) is 21.0 Å². The molecule has 100 valence electrons. The Bertz CT molecular complexity index is 495. The molecular formula is C12H18BrN3O2. The SMILES string of the molecule is CC(C)Cn1ncc(NC2(CO)CC2)c(Br)c1=O. The van der Waals surface area contributed by atoms with Gasteiger partial charge in [0.1, 0.15) is 4.47 Å². The van der Waals surface area contributed by atoms with Crippen LogP contribution in [0.3, 0.4) is 0 Å². The molecule has 0 saturated heterocycles. The van der Waals surface area contributed by atoms with Crippen molar-refractivity contribution in [3.63, 3.8) is 0 Å². The van der Waals surface area contributed by atoms with Crippen LogP contribution in [0.25, 0.3) is 0 Å². The highest BCUT2D eigenvalue weighted by Crippen LogP contribution is 2.39. The van der Waals surface area contributed by atoms with Crippen molar-refractivity contribution in [1.29, 1.82) is 0 Å². The second kappa shape index (κ2) is 5.01. The van der Waals surface area contributed by atoms with E-state index in [-0.39, 0.29) is 17.7 Å². The first-order valence-corrected chi connectivity index (χ1v) is 6.91. The van der Waals surface area contributed by atoms with E-state index in [1.807, 2.05) is 13.8 Å². The van der Waals surface area contributed by atoms with Gasteiger partial charge in [-0.1, -0.05) is 13.8 Å². The number of nitrogens with zero attached hydrogens (tertiary/aromatic N) is 2. The first-order valence-electron chi connectivity index (χ1n) is 6.12. The zero-order valence-corrected chi connectivity index (χ0v) is 12.2. The predicted octanol–water partition coefficient (Wildman–Crippen LogP) is 1.60. The average molecular weight is 316 g/mol. The molecule has 0 aliphatic heterocycles. The van der Waals surface area contributed by atoms with Crippen LogP contribution in [0.1, 0.15) is 26.7 Å². The zero-order chi connectivity index (χ0) is 13.3. The van der Waals surface area contributed by atoms with Gasteiger partial charge in [-0.3, -0.25) is 4.79 Å². The quantitative estimate of drug-likeness (QED) is 0.866. The molecule has 0 atom stereocenters. The summed E-state index contributed by atoms with van der Waals surface area (Å²) in [7, 11) is 0. The molecule has 1 fully saturated rings. The zero-order valence-electron chi connectivity index (χ0n) is 10.6. The highest BCUT2D eigenvalue weighted by molar-refractivity contribution is 9.10. The lowest BCUT2D eigenvalue weighted by Crippen LogP contribution is -2.30. The van der Waals surface area contributed by atoms with Gasteiger partial charge in [0.05, 0.1) is 24.0 Å². The van der Waals surface area contributed by atoms with Crippen LogP contribution >= 0.6 is 15.9 Å². The second-order valence-corrected chi connectivity index (χ2v) is 6.11. The molecule has 0 aromatic carbocycles. The van der Waals surface area contributed by atoms with E-state index in [0.29, 0.717) is 22.6 Å². The second-order valence-electron chi connectivity index (χ2n) is 5.32. The Hall–Kier alpha value is -0.880. The largest absolute Gasteiger partial charge is 0.394 e. The molecule has 2 N–H and O–H groups in total. The van der Waals surface area contributed by atoms with Crippen LogP contribution in [0.5, 0.6) is 0 Å². The first-order chi connectivity index (χ1) is 8.47. The van der Waals surface area contributed by atoms with Crippen LogP contribution < -0.4 is 10.9 Å². The van der Waals surface area contributed by atoms with Gasteiger partial charge < -0.3 is 10.4 Å². The van der Waals surface area contributed by atoms with Crippen molar-refractivity contribution < 1.29 is 5.11 Å². The Morgan fingerprint density at radius 2 is 2.28 bits per heavy atom. The Morgan fingerprint density at radius 3 is 2.78 bits per heavy atom. The Labute approximate surface area is 114 Å². The first kappa shape index (κ1) is 13.5. The lowest BCUT2D eigenvalue weighted by molar-refractivity contribution is 0.266. The maximum absolute atomic E-state index is 12.1. The number of aromatic nitrogens is 2. The molecule has 0 amide bonds. The van der Waals surface area contributed by atoms with Crippen LogP contribution in [0.2, 0.25) is 0 Å². The molecular weight excluding hydrogens is 298 g/mol. The number of halogens is 1. The van der Waals surface area contributed by atoms with Gasteiger partial charge in [-0.15, -0.1) is 0 Å². The molecule has 0 unspecified atom stereocenters. The van der Waals surface area contributed by atoms with E-state index in [0.717, 1.165) is 12.8 Å². The van der Waals surface area contributed by atoms with Gasteiger partial charge in [0.25, 0.3) is 5.56 Å². The third-order valence-electron chi connectivity index (χ3n) is 3.08. The topological polar surface area (TPSA) is 67.2 Å². The van der Waals surface area contributed by atoms with Gasteiger partial charge in [-0.25, -0.2) is 4.68 Å². The molecule has 18 heavy (non-hydrogen) atoms. The highest BCUT2D eigenvalue weighted by atomic mass is 79.9. The standard InChI is InChI=1S/C12H18BrN3O2/c1-8(2)6-16-11(18)10(13)9(5-14-16)15-12(7-17)3-4-12/h5,8,15,17H,3-4,6-7H2,1-2H3. The molecule has 1 heterocycles. The lowest BCUT2D eigenvalue weighted by Gasteiger charge is -2.17. The minimum absolute atomic E-state index is 0.0779. The molecule has 2 rings (SSSR count). The van der Waals surface area contributed by atoms with Crippen molar-refractivity contribution in [1.82, 2.24) is 9.78 Å².